The van der Waals surface area contributed by atoms with Crippen LogP contribution in [-0.4, -0.2) is 80.4 Å². The molecule has 0 amide bonds. The van der Waals surface area contributed by atoms with Gasteiger partial charge in [-0.1, -0.05) is 5.16 Å². The first-order valence-electron chi connectivity index (χ1n) is 9.25. The molecule has 1 aliphatic rings. The summed E-state index contributed by atoms with van der Waals surface area (Å²) in [5.74, 6) is 1.65. The van der Waals surface area contributed by atoms with Crippen molar-refractivity contribution in [1.29, 1.82) is 0 Å². The maximum atomic E-state index is 11.5. The normalized spacial score (nSPS) is 17.4. The molecule has 2 rings (SSSR count). The third-order valence-corrected chi connectivity index (χ3v) is 5.08. The molecule has 0 aliphatic carbocycles. The van der Waals surface area contributed by atoms with Gasteiger partial charge in [0, 0.05) is 50.9 Å². The molecule has 0 unspecified atom stereocenters. The average molecular weight is 401 g/mol. The fourth-order valence-electron chi connectivity index (χ4n) is 3.07. The minimum absolute atomic E-state index is 0.362. The predicted octanol–water partition coefficient (Wildman–Crippen LogP) is 0.394. The summed E-state index contributed by atoms with van der Waals surface area (Å²) in [5.41, 5.74) is 0.316. The third kappa shape index (κ3) is 7.47. The highest BCUT2D eigenvalue weighted by Gasteiger charge is 2.24. The summed E-state index contributed by atoms with van der Waals surface area (Å²) in [6.07, 6.45) is 1.17. The van der Waals surface area contributed by atoms with Crippen LogP contribution >= 0.6 is 0 Å². The highest BCUT2D eigenvalue weighted by molar-refractivity contribution is 7.88. The second-order valence-corrected chi connectivity index (χ2v) is 9.37. The molecule has 2 N–H and O–H groups in total. The van der Waals surface area contributed by atoms with Crippen molar-refractivity contribution in [2.24, 2.45) is 4.99 Å². The summed E-state index contributed by atoms with van der Waals surface area (Å²) in [5, 5.41) is 7.37. The third-order valence-electron chi connectivity index (χ3n) is 4.15. The Balaban J connectivity index is 1.93. The Morgan fingerprint density at radius 3 is 2.52 bits per heavy atom. The van der Waals surface area contributed by atoms with Gasteiger partial charge in [0.1, 0.15) is 5.76 Å². The van der Waals surface area contributed by atoms with E-state index in [-0.39, 0.29) is 0 Å². The molecular formula is C17H32N6O3S. The number of guanidine groups is 1. The SMILES string of the molecule is CCNC(=NCC(C)(C)NS(C)(=O)=O)N1CCN(Cc2cc(C)on2)CC1. The van der Waals surface area contributed by atoms with Crippen molar-refractivity contribution in [3.63, 3.8) is 0 Å². The molecule has 0 spiro atoms. The molecule has 0 aromatic carbocycles. The fourth-order valence-corrected chi connectivity index (χ4v) is 4.14. The number of hydrogen-bond donors (Lipinski definition) is 2. The number of aliphatic imine (C=N–C) groups is 1. The van der Waals surface area contributed by atoms with Crippen LogP contribution in [0.1, 0.15) is 32.2 Å². The largest absolute Gasteiger partial charge is 0.361 e. The van der Waals surface area contributed by atoms with Crippen molar-refractivity contribution in [1.82, 2.24) is 25.0 Å². The Kier molecular flexibility index (Phi) is 7.24. The number of rotatable bonds is 7. The second-order valence-electron chi connectivity index (χ2n) is 7.62. The van der Waals surface area contributed by atoms with Crippen LogP contribution in [0.25, 0.3) is 0 Å². The summed E-state index contributed by atoms with van der Waals surface area (Å²) in [4.78, 5) is 9.22. The van der Waals surface area contributed by atoms with Gasteiger partial charge in [0.05, 0.1) is 18.5 Å². The maximum absolute atomic E-state index is 11.5. The molecule has 2 heterocycles. The van der Waals surface area contributed by atoms with Crippen molar-refractivity contribution in [3.8, 4) is 0 Å². The number of hydrogen-bond acceptors (Lipinski definition) is 6. The van der Waals surface area contributed by atoms with Gasteiger partial charge in [0.15, 0.2) is 5.96 Å². The first-order valence-corrected chi connectivity index (χ1v) is 11.1. The summed E-state index contributed by atoms with van der Waals surface area (Å²) >= 11 is 0. The number of piperazine rings is 1. The van der Waals surface area contributed by atoms with E-state index in [9.17, 15) is 8.42 Å². The summed E-state index contributed by atoms with van der Waals surface area (Å²) in [6.45, 7) is 13.0. The number of nitrogens with one attached hydrogen (secondary N) is 2. The standard InChI is InChI=1S/C17H32N6O3S/c1-6-18-16(19-13-17(3,4)21-27(5,24)25)23-9-7-22(8-10-23)12-15-11-14(2)26-20-15/h11,21H,6-10,12-13H2,1-5H3,(H,18,19). The molecule has 0 saturated carbocycles. The molecule has 1 fully saturated rings. The topological polar surface area (TPSA) is 103 Å². The molecule has 0 atom stereocenters. The molecular weight excluding hydrogens is 368 g/mol. The molecule has 0 bridgehead atoms. The van der Waals surface area contributed by atoms with Crippen LogP contribution in [0.4, 0.5) is 0 Å². The molecule has 9 nitrogen and oxygen atoms in total. The Hall–Kier alpha value is -1.65. The van der Waals surface area contributed by atoms with Gasteiger partial charge >= 0.3 is 0 Å². The van der Waals surface area contributed by atoms with Crippen LogP contribution in [0.3, 0.4) is 0 Å². The van der Waals surface area contributed by atoms with E-state index in [1.807, 2.05) is 33.8 Å². The molecule has 27 heavy (non-hydrogen) atoms. The first kappa shape index (κ1) is 21.6. The van der Waals surface area contributed by atoms with Crippen LogP contribution in [0.15, 0.2) is 15.6 Å². The summed E-state index contributed by atoms with van der Waals surface area (Å²) < 4.78 is 30.8. The smallest absolute Gasteiger partial charge is 0.209 e. The highest BCUT2D eigenvalue weighted by Crippen LogP contribution is 2.10. The van der Waals surface area contributed by atoms with Crippen molar-refractivity contribution in [2.45, 2.75) is 39.8 Å². The zero-order valence-electron chi connectivity index (χ0n) is 16.9. The molecule has 154 valence electrons. The summed E-state index contributed by atoms with van der Waals surface area (Å²) in [7, 11) is -3.28. The Bertz CT molecular complexity index is 736. The first-order chi connectivity index (χ1) is 12.6. The van der Waals surface area contributed by atoms with Crippen molar-refractivity contribution in [2.75, 3.05) is 45.5 Å². The van der Waals surface area contributed by atoms with E-state index >= 15 is 0 Å². The zero-order valence-corrected chi connectivity index (χ0v) is 17.8. The minimum Gasteiger partial charge on any atom is -0.361 e. The highest BCUT2D eigenvalue weighted by atomic mass is 32.2. The molecule has 1 saturated heterocycles. The Morgan fingerprint density at radius 2 is 2.00 bits per heavy atom. The van der Waals surface area contributed by atoms with Crippen LogP contribution in [0, 0.1) is 6.92 Å². The molecule has 10 heteroatoms. The lowest BCUT2D eigenvalue weighted by atomic mass is 10.1. The average Bonchev–Trinajstić information content (AvgIpc) is 2.95. The van der Waals surface area contributed by atoms with Crippen LogP contribution in [0.2, 0.25) is 0 Å². The number of sulfonamides is 1. The lowest BCUT2D eigenvalue weighted by molar-refractivity contribution is 0.168. The zero-order chi connectivity index (χ0) is 20.1. The molecule has 0 radical (unpaired) electrons. The molecule has 1 aliphatic heterocycles. The van der Waals surface area contributed by atoms with Gasteiger partial charge < -0.3 is 14.7 Å². The monoisotopic (exact) mass is 400 g/mol. The van der Waals surface area contributed by atoms with E-state index in [4.69, 9.17) is 4.52 Å². The number of nitrogens with zero attached hydrogens (tertiary/aromatic N) is 4. The van der Waals surface area contributed by atoms with Gasteiger partial charge in [-0.05, 0) is 27.7 Å². The molecule has 1 aromatic heterocycles. The Labute approximate surface area is 162 Å². The quantitative estimate of drug-likeness (QED) is 0.504. The lowest BCUT2D eigenvalue weighted by Crippen LogP contribution is -2.53. The van der Waals surface area contributed by atoms with Crippen LogP contribution < -0.4 is 10.0 Å². The summed E-state index contributed by atoms with van der Waals surface area (Å²) in [6, 6.07) is 1.97. The minimum atomic E-state index is -3.28. The van der Waals surface area contributed by atoms with E-state index in [0.717, 1.165) is 56.7 Å². The predicted molar refractivity (Wildman–Crippen MR) is 106 cm³/mol. The van der Waals surface area contributed by atoms with Crippen molar-refractivity contribution in [3.05, 3.63) is 17.5 Å². The van der Waals surface area contributed by atoms with Gasteiger partial charge in [-0.3, -0.25) is 9.89 Å². The number of aromatic nitrogens is 1. The lowest BCUT2D eigenvalue weighted by Gasteiger charge is -2.36. The fraction of sp³-hybridized carbons (Fsp3) is 0.765. The number of aryl methyl sites for hydroxylation is 1. The van der Waals surface area contributed by atoms with Crippen molar-refractivity contribution >= 4 is 16.0 Å². The van der Waals surface area contributed by atoms with E-state index in [2.05, 4.69) is 30.0 Å². The maximum Gasteiger partial charge on any atom is 0.209 e. The Morgan fingerprint density at radius 1 is 1.33 bits per heavy atom. The van der Waals surface area contributed by atoms with Gasteiger partial charge in [0.2, 0.25) is 10.0 Å². The van der Waals surface area contributed by atoms with Crippen LogP contribution in [0.5, 0.6) is 0 Å². The molecule has 1 aromatic rings. The van der Waals surface area contributed by atoms with E-state index in [0.29, 0.717) is 6.54 Å². The van der Waals surface area contributed by atoms with Crippen molar-refractivity contribution < 1.29 is 12.9 Å². The van der Waals surface area contributed by atoms with Gasteiger partial charge in [0.25, 0.3) is 0 Å². The second kappa shape index (κ2) is 9.03. The van der Waals surface area contributed by atoms with E-state index in [1.54, 1.807) is 0 Å². The van der Waals surface area contributed by atoms with Gasteiger partial charge in [-0.25, -0.2) is 13.1 Å². The van der Waals surface area contributed by atoms with E-state index < -0.39 is 15.6 Å². The van der Waals surface area contributed by atoms with E-state index in [1.165, 1.54) is 6.26 Å². The van der Waals surface area contributed by atoms with Gasteiger partial charge in [-0.15, -0.1) is 0 Å². The van der Waals surface area contributed by atoms with Gasteiger partial charge in [-0.2, -0.15) is 0 Å². The van der Waals surface area contributed by atoms with Crippen LogP contribution in [-0.2, 0) is 16.6 Å².